The first-order valence-electron chi connectivity index (χ1n) is 7.24. The monoisotopic (exact) mass is 307 g/mol. The standard InChI is InChI=1S/C16H25N3OS/c1-5-19(6-2)15(20)11-18(4)10-14-8-7-13(16(17)21)9-12(14)3/h7-9H,5-6,10-11H2,1-4H3,(H2,17,21). The van der Waals surface area contributed by atoms with Gasteiger partial charge >= 0.3 is 0 Å². The van der Waals surface area contributed by atoms with Crippen molar-refractivity contribution in [2.45, 2.75) is 27.3 Å². The Balaban J connectivity index is 2.69. The molecule has 1 aromatic carbocycles. The zero-order valence-corrected chi connectivity index (χ0v) is 14.2. The first kappa shape index (κ1) is 17.6. The Morgan fingerprint density at radius 1 is 1.29 bits per heavy atom. The topological polar surface area (TPSA) is 49.6 Å². The molecule has 21 heavy (non-hydrogen) atoms. The third kappa shape index (κ3) is 5.10. The average Bonchev–Trinajstić information content (AvgIpc) is 2.42. The lowest BCUT2D eigenvalue weighted by molar-refractivity contribution is -0.131. The Morgan fingerprint density at radius 3 is 2.38 bits per heavy atom. The second kappa shape index (κ2) is 8.10. The number of thiocarbonyl (C=S) groups is 1. The summed E-state index contributed by atoms with van der Waals surface area (Å²) in [4.78, 5) is 16.4. The fourth-order valence-electron chi connectivity index (χ4n) is 2.28. The van der Waals surface area contributed by atoms with Gasteiger partial charge in [0.05, 0.1) is 6.54 Å². The Bertz CT molecular complexity index is 512. The van der Waals surface area contributed by atoms with Crippen LogP contribution in [-0.2, 0) is 11.3 Å². The summed E-state index contributed by atoms with van der Waals surface area (Å²) in [5.41, 5.74) is 8.84. The number of likely N-dealkylation sites (N-methyl/N-ethyl adjacent to an activating group) is 2. The van der Waals surface area contributed by atoms with Gasteiger partial charge in [-0.15, -0.1) is 0 Å². The van der Waals surface area contributed by atoms with E-state index in [0.29, 0.717) is 11.5 Å². The lowest BCUT2D eigenvalue weighted by atomic mass is 10.0. The van der Waals surface area contributed by atoms with Gasteiger partial charge in [-0.05, 0) is 45.0 Å². The molecule has 0 spiro atoms. The van der Waals surface area contributed by atoms with Crippen LogP contribution in [0.3, 0.4) is 0 Å². The zero-order valence-electron chi connectivity index (χ0n) is 13.3. The highest BCUT2D eigenvalue weighted by atomic mass is 32.1. The molecule has 5 heteroatoms. The molecule has 0 fully saturated rings. The molecule has 2 N–H and O–H groups in total. The average molecular weight is 307 g/mol. The minimum Gasteiger partial charge on any atom is -0.389 e. The molecule has 0 saturated carbocycles. The van der Waals surface area contributed by atoms with E-state index in [2.05, 4.69) is 0 Å². The highest BCUT2D eigenvalue weighted by Gasteiger charge is 2.13. The summed E-state index contributed by atoms with van der Waals surface area (Å²) in [5.74, 6) is 0.167. The van der Waals surface area contributed by atoms with Crippen molar-refractivity contribution in [2.75, 3.05) is 26.7 Å². The van der Waals surface area contributed by atoms with E-state index in [1.54, 1.807) is 0 Å². The Kier molecular flexibility index (Phi) is 6.78. The maximum Gasteiger partial charge on any atom is 0.236 e. The van der Waals surface area contributed by atoms with E-state index in [1.807, 2.05) is 55.8 Å². The van der Waals surface area contributed by atoms with Crippen LogP contribution < -0.4 is 5.73 Å². The van der Waals surface area contributed by atoms with E-state index in [4.69, 9.17) is 18.0 Å². The van der Waals surface area contributed by atoms with Crippen LogP contribution in [0.15, 0.2) is 18.2 Å². The molecule has 0 radical (unpaired) electrons. The van der Waals surface area contributed by atoms with Crippen molar-refractivity contribution in [1.82, 2.24) is 9.80 Å². The van der Waals surface area contributed by atoms with Gasteiger partial charge in [0.15, 0.2) is 0 Å². The molecule has 0 aromatic heterocycles. The summed E-state index contributed by atoms with van der Waals surface area (Å²) in [6.45, 7) is 8.71. The van der Waals surface area contributed by atoms with Crippen LogP contribution >= 0.6 is 12.2 Å². The van der Waals surface area contributed by atoms with Crippen molar-refractivity contribution in [2.24, 2.45) is 5.73 Å². The third-order valence-electron chi connectivity index (χ3n) is 3.59. The SMILES string of the molecule is CCN(CC)C(=O)CN(C)Cc1ccc(C(N)=S)cc1C. The first-order valence-corrected chi connectivity index (χ1v) is 7.65. The van der Waals surface area contributed by atoms with Gasteiger partial charge in [-0.25, -0.2) is 0 Å². The largest absolute Gasteiger partial charge is 0.389 e. The number of nitrogens with zero attached hydrogens (tertiary/aromatic N) is 2. The molecule has 1 amide bonds. The summed E-state index contributed by atoms with van der Waals surface area (Å²) in [6, 6.07) is 5.96. The maximum absolute atomic E-state index is 12.1. The second-order valence-corrected chi connectivity index (χ2v) is 5.68. The molecule has 1 rings (SSSR count). The summed E-state index contributed by atoms with van der Waals surface area (Å²) in [5, 5.41) is 0. The number of hydrogen-bond acceptors (Lipinski definition) is 3. The van der Waals surface area contributed by atoms with Crippen LogP contribution in [0.1, 0.15) is 30.5 Å². The van der Waals surface area contributed by atoms with Gasteiger partial charge in [-0.1, -0.05) is 24.4 Å². The number of carbonyl (C=O) groups excluding carboxylic acids is 1. The van der Waals surface area contributed by atoms with E-state index in [1.165, 1.54) is 5.56 Å². The predicted octanol–water partition coefficient (Wildman–Crippen LogP) is 1.93. The van der Waals surface area contributed by atoms with Crippen molar-refractivity contribution in [3.8, 4) is 0 Å². The third-order valence-corrected chi connectivity index (χ3v) is 3.82. The highest BCUT2D eigenvalue weighted by Crippen LogP contribution is 2.13. The van der Waals surface area contributed by atoms with Crippen molar-refractivity contribution in [1.29, 1.82) is 0 Å². The van der Waals surface area contributed by atoms with E-state index in [9.17, 15) is 4.79 Å². The number of rotatable bonds is 7. The summed E-state index contributed by atoms with van der Waals surface area (Å²) in [7, 11) is 1.96. The number of nitrogens with two attached hydrogens (primary N) is 1. The van der Waals surface area contributed by atoms with Crippen molar-refractivity contribution in [3.63, 3.8) is 0 Å². The maximum atomic E-state index is 12.1. The van der Waals surface area contributed by atoms with Gasteiger partial charge in [0, 0.05) is 25.2 Å². The molecule has 0 unspecified atom stereocenters. The number of hydrogen-bond donors (Lipinski definition) is 1. The Labute approximate surface area is 132 Å². The van der Waals surface area contributed by atoms with E-state index >= 15 is 0 Å². The molecule has 4 nitrogen and oxygen atoms in total. The van der Waals surface area contributed by atoms with Crippen LogP contribution in [0.2, 0.25) is 0 Å². The summed E-state index contributed by atoms with van der Waals surface area (Å²) in [6.07, 6.45) is 0. The second-order valence-electron chi connectivity index (χ2n) is 5.24. The fraction of sp³-hybridized carbons (Fsp3) is 0.500. The normalized spacial score (nSPS) is 10.7. The zero-order chi connectivity index (χ0) is 16.0. The van der Waals surface area contributed by atoms with Crippen LogP contribution in [-0.4, -0.2) is 47.4 Å². The van der Waals surface area contributed by atoms with E-state index in [0.717, 1.165) is 30.8 Å². The van der Waals surface area contributed by atoms with Gasteiger partial charge in [0.25, 0.3) is 0 Å². The van der Waals surface area contributed by atoms with Crippen molar-refractivity contribution < 1.29 is 4.79 Å². The molecule has 116 valence electrons. The van der Waals surface area contributed by atoms with E-state index < -0.39 is 0 Å². The smallest absolute Gasteiger partial charge is 0.236 e. The Morgan fingerprint density at radius 2 is 1.90 bits per heavy atom. The fourth-order valence-corrected chi connectivity index (χ4v) is 2.41. The lowest BCUT2D eigenvalue weighted by Gasteiger charge is -2.23. The van der Waals surface area contributed by atoms with Crippen molar-refractivity contribution >= 4 is 23.1 Å². The molecule has 0 aliphatic rings. The van der Waals surface area contributed by atoms with Crippen LogP contribution in [0, 0.1) is 6.92 Å². The first-order chi connectivity index (χ1) is 9.88. The molecule has 1 aromatic rings. The molecular weight excluding hydrogens is 282 g/mol. The summed E-state index contributed by atoms with van der Waals surface area (Å²) < 4.78 is 0. The molecule has 0 aliphatic carbocycles. The summed E-state index contributed by atoms with van der Waals surface area (Å²) >= 11 is 4.98. The van der Waals surface area contributed by atoms with Gasteiger partial charge in [0.1, 0.15) is 4.99 Å². The number of amides is 1. The minimum atomic E-state index is 0.167. The van der Waals surface area contributed by atoms with E-state index in [-0.39, 0.29) is 5.91 Å². The number of aryl methyl sites for hydroxylation is 1. The number of benzene rings is 1. The predicted molar refractivity (Wildman–Crippen MR) is 91.3 cm³/mol. The molecule has 0 atom stereocenters. The van der Waals surface area contributed by atoms with Crippen LogP contribution in [0.5, 0.6) is 0 Å². The highest BCUT2D eigenvalue weighted by molar-refractivity contribution is 7.80. The number of carbonyl (C=O) groups is 1. The molecule has 0 heterocycles. The van der Waals surface area contributed by atoms with Crippen LogP contribution in [0.4, 0.5) is 0 Å². The molecular formula is C16H25N3OS. The van der Waals surface area contributed by atoms with Crippen molar-refractivity contribution in [3.05, 3.63) is 34.9 Å². The Hall–Kier alpha value is -1.46. The van der Waals surface area contributed by atoms with Gasteiger partial charge in [0.2, 0.25) is 5.91 Å². The van der Waals surface area contributed by atoms with Gasteiger partial charge in [-0.3, -0.25) is 9.69 Å². The van der Waals surface area contributed by atoms with Gasteiger partial charge in [-0.2, -0.15) is 0 Å². The molecule has 0 bridgehead atoms. The molecule has 0 saturated heterocycles. The quantitative estimate of drug-likeness (QED) is 0.782. The lowest BCUT2D eigenvalue weighted by Crippen LogP contribution is -2.38. The van der Waals surface area contributed by atoms with Gasteiger partial charge < -0.3 is 10.6 Å². The minimum absolute atomic E-state index is 0.167. The van der Waals surface area contributed by atoms with Crippen LogP contribution in [0.25, 0.3) is 0 Å². The molecule has 0 aliphatic heterocycles.